The molecule has 2 N–H and O–H groups in total. The first-order valence-electron chi connectivity index (χ1n) is 5.98. The van der Waals surface area contributed by atoms with Crippen LogP contribution in [0, 0.1) is 10.1 Å². The summed E-state index contributed by atoms with van der Waals surface area (Å²) in [5, 5.41) is 10.7. The molecule has 0 spiro atoms. The Morgan fingerprint density at radius 3 is 2.58 bits per heavy atom. The third-order valence-corrected chi connectivity index (χ3v) is 3.53. The van der Waals surface area contributed by atoms with Crippen LogP contribution in [0.4, 0.5) is 5.69 Å². The van der Waals surface area contributed by atoms with Gasteiger partial charge in [0.15, 0.2) is 0 Å². The van der Waals surface area contributed by atoms with Gasteiger partial charge in [-0.2, -0.15) is 0 Å². The highest BCUT2D eigenvalue weighted by molar-refractivity contribution is 6.34. The van der Waals surface area contributed by atoms with Gasteiger partial charge in [0.05, 0.1) is 15.5 Å². The summed E-state index contributed by atoms with van der Waals surface area (Å²) in [6.45, 7) is 1.18. The van der Waals surface area contributed by atoms with Crippen molar-refractivity contribution in [3.05, 3.63) is 38.9 Å². The number of halogens is 1. The molecule has 1 amide bonds. The van der Waals surface area contributed by atoms with Crippen LogP contribution in [0.25, 0.3) is 0 Å². The normalized spacial score (nSPS) is 16.4. The van der Waals surface area contributed by atoms with Gasteiger partial charge in [0.2, 0.25) is 0 Å². The van der Waals surface area contributed by atoms with E-state index in [0.717, 1.165) is 12.8 Å². The van der Waals surface area contributed by atoms with Crippen LogP contribution < -0.4 is 5.73 Å². The molecule has 102 valence electrons. The van der Waals surface area contributed by atoms with Gasteiger partial charge in [-0.25, -0.2) is 0 Å². The molecule has 1 aromatic rings. The number of hydrogen-bond acceptors (Lipinski definition) is 4. The number of benzene rings is 1. The van der Waals surface area contributed by atoms with Crippen molar-refractivity contribution in [3.63, 3.8) is 0 Å². The highest BCUT2D eigenvalue weighted by Gasteiger charge is 2.24. The second-order valence-corrected chi connectivity index (χ2v) is 4.96. The molecular formula is C12H14ClN3O3. The summed E-state index contributed by atoms with van der Waals surface area (Å²) in [5.74, 6) is -0.202. The van der Waals surface area contributed by atoms with E-state index in [9.17, 15) is 14.9 Å². The maximum atomic E-state index is 12.2. The summed E-state index contributed by atoms with van der Waals surface area (Å²) in [6, 6.07) is 4.02. The van der Waals surface area contributed by atoms with Crippen LogP contribution in [0.3, 0.4) is 0 Å². The third kappa shape index (κ3) is 3.02. The number of piperidine rings is 1. The molecule has 0 atom stereocenters. The molecular weight excluding hydrogens is 270 g/mol. The van der Waals surface area contributed by atoms with E-state index in [1.54, 1.807) is 4.90 Å². The number of amides is 1. The second kappa shape index (κ2) is 5.54. The van der Waals surface area contributed by atoms with E-state index in [1.807, 2.05) is 0 Å². The van der Waals surface area contributed by atoms with Crippen molar-refractivity contribution in [1.82, 2.24) is 4.90 Å². The Morgan fingerprint density at radius 1 is 1.42 bits per heavy atom. The number of nitro benzene ring substituents is 1. The first kappa shape index (κ1) is 13.8. The van der Waals surface area contributed by atoms with Gasteiger partial charge in [0.25, 0.3) is 11.6 Å². The van der Waals surface area contributed by atoms with Crippen molar-refractivity contribution >= 4 is 23.2 Å². The van der Waals surface area contributed by atoms with Crippen LogP contribution >= 0.6 is 11.6 Å². The molecule has 0 aromatic heterocycles. The molecule has 0 aliphatic carbocycles. The second-order valence-electron chi connectivity index (χ2n) is 4.55. The smallest absolute Gasteiger partial charge is 0.270 e. The molecule has 0 radical (unpaired) electrons. The van der Waals surface area contributed by atoms with E-state index in [2.05, 4.69) is 0 Å². The van der Waals surface area contributed by atoms with Gasteiger partial charge in [-0.15, -0.1) is 0 Å². The number of nitrogens with two attached hydrogens (primary N) is 1. The van der Waals surface area contributed by atoms with E-state index < -0.39 is 4.92 Å². The maximum Gasteiger partial charge on any atom is 0.270 e. The SMILES string of the molecule is NC1CCN(C(=O)c2ccc([N+](=O)[O-])cc2Cl)CC1. The van der Waals surface area contributed by atoms with Crippen LogP contribution in [0.15, 0.2) is 18.2 Å². The molecule has 2 rings (SSSR count). The Bertz CT molecular complexity index is 513. The number of carbonyl (C=O) groups excluding carboxylic acids is 1. The van der Waals surface area contributed by atoms with Crippen LogP contribution in [-0.4, -0.2) is 34.9 Å². The fraction of sp³-hybridized carbons (Fsp3) is 0.417. The number of rotatable bonds is 2. The van der Waals surface area contributed by atoms with E-state index in [-0.39, 0.29) is 22.7 Å². The Kier molecular flexibility index (Phi) is 4.01. The standard InChI is InChI=1S/C12H14ClN3O3/c13-11-7-9(16(18)19)1-2-10(11)12(17)15-5-3-8(14)4-6-15/h1-2,7-8H,3-6,14H2. The zero-order chi connectivity index (χ0) is 14.0. The van der Waals surface area contributed by atoms with Gasteiger partial charge in [0, 0.05) is 31.3 Å². The third-order valence-electron chi connectivity index (χ3n) is 3.22. The molecule has 1 heterocycles. The van der Waals surface area contributed by atoms with Gasteiger partial charge in [-0.05, 0) is 18.9 Å². The summed E-state index contributed by atoms with van der Waals surface area (Å²) >= 11 is 5.94. The van der Waals surface area contributed by atoms with Gasteiger partial charge < -0.3 is 10.6 Å². The van der Waals surface area contributed by atoms with Gasteiger partial charge in [-0.1, -0.05) is 11.6 Å². The lowest BCUT2D eigenvalue weighted by Crippen LogP contribution is -2.42. The largest absolute Gasteiger partial charge is 0.338 e. The summed E-state index contributed by atoms with van der Waals surface area (Å²) < 4.78 is 0. The zero-order valence-electron chi connectivity index (χ0n) is 10.2. The minimum Gasteiger partial charge on any atom is -0.338 e. The molecule has 1 aliphatic rings. The van der Waals surface area contributed by atoms with Crippen LogP contribution in [0.1, 0.15) is 23.2 Å². The van der Waals surface area contributed by atoms with Crippen molar-refractivity contribution in [3.8, 4) is 0 Å². The van der Waals surface area contributed by atoms with Gasteiger partial charge in [-0.3, -0.25) is 14.9 Å². The predicted molar refractivity (Wildman–Crippen MR) is 71.2 cm³/mol. The summed E-state index contributed by atoms with van der Waals surface area (Å²) in [7, 11) is 0. The van der Waals surface area contributed by atoms with Crippen molar-refractivity contribution in [2.24, 2.45) is 5.73 Å². The summed E-state index contributed by atoms with van der Waals surface area (Å²) in [4.78, 5) is 24.0. The lowest BCUT2D eigenvalue weighted by atomic mass is 10.0. The van der Waals surface area contributed by atoms with Crippen LogP contribution in [0.2, 0.25) is 5.02 Å². The van der Waals surface area contributed by atoms with Crippen molar-refractivity contribution in [1.29, 1.82) is 0 Å². The summed E-state index contributed by atoms with van der Waals surface area (Å²) in [6.07, 6.45) is 1.52. The highest BCUT2D eigenvalue weighted by atomic mass is 35.5. The Labute approximate surface area is 115 Å². The Balaban J connectivity index is 2.17. The van der Waals surface area contributed by atoms with Gasteiger partial charge in [0.1, 0.15) is 0 Å². The quantitative estimate of drug-likeness (QED) is 0.662. The number of hydrogen-bond donors (Lipinski definition) is 1. The first-order chi connectivity index (χ1) is 8.99. The lowest BCUT2D eigenvalue weighted by Gasteiger charge is -2.30. The number of likely N-dealkylation sites (tertiary alicyclic amines) is 1. The molecule has 19 heavy (non-hydrogen) atoms. The van der Waals surface area contributed by atoms with Crippen LogP contribution in [-0.2, 0) is 0 Å². The zero-order valence-corrected chi connectivity index (χ0v) is 11.0. The first-order valence-corrected chi connectivity index (χ1v) is 6.35. The molecule has 7 heteroatoms. The van der Waals surface area contributed by atoms with Crippen molar-refractivity contribution in [2.45, 2.75) is 18.9 Å². The molecule has 0 unspecified atom stereocenters. The van der Waals surface area contributed by atoms with Gasteiger partial charge >= 0.3 is 0 Å². The number of nitrogens with zero attached hydrogens (tertiary/aromatic N) is 2. The van der Waals surface area contributed by atoms with E-state index in [4.69, 9.17) is 17.3 Å². The molecule has 1 saturated heterocycles. The molecule has 1 aliphatic heterocycles. The van der Waals surface area contributed by atoms with E-state index in [0.29, 0.717) is 18.7 Å². The summed E-state index contributed by atoms with van der Waals surface area (Å²) in [5.41, 5.74) is 5.95. The average Bonchev–Trinajstić information content (AvgIpc) is 2.38. The maximum absolute atomic E-state index is 12.2. The Morgan fingerprint density at radius 2 is 2.05 bits per heavy atom. The highest BCUT2D eigenvalue weighted by Crippen LogP contribution is 2.24. The minimum absolute atomic E-state index is 0.106. The number of nitro groups is 1. The van der Waals surface area contributed by atoms with E-state index >= 15 is 0 Å². The predicted octanol–water partition coefficient (Wildman–Crippen LogP) is 1.81. The molecule has 6 nitrogen and oxygen atoms in total. The fourth-order valence-corrected chi connectivity index (χ4v) is 2.32. The monoisotopic (exact) mass is 283 g/mol. The van der Waals surface area contributed by atoms with E-state index in [1.165, 1.54) is 18.2 Å². The topological polar surface area (TPSA) is 89.5 Å². The minimum atomic E-state index is -0.542. The average molecular weight is 284 g/mol. The number of carbonyl (C=O) groups is 1. The Hall–Kier alpha value is -1.66. The number of non-ortho nitro benzene ring substituents is 1. The fourth-order valence-electron chi connectivity index (χ4n) is 2.06. The molecule has 0 saturated carbocycles. The molecule has 0 bridgehead atoms. The molecule has 1 fully saturated rings. The lowest BCUT2D eigenvalue weighted by molar-refractivity contribution is -0.384. The van der Waals surface area contributed by atoms with Crippen molar-refractivity contribution in [2.75, 3.05) is 13.1 Å². The van der Waals surface area contributed by atoms with Crippen LogP contribution in [0.5, 0.6) is 0 Å². The molecule has 1 aromatic carbocycles. The van der Waals surface area contributed by atoms with Crippen molar-refractivity contribution < 1.29 is 9.72 Å².